The van der Waals surface area contributed by atoms with Crippen molar-refractivity contribution in [2.75, 3.05) is 7.05 Å². The van der Waals surface area contributed by atoms with E-state index in [1.54, 1.807) is 0 Å². The highest BCUT2D eigenvalue weighted by Crippen LogP contribution is 2.28. The van der Waals surface area contributed by atoms with Crippen molar-refractivity contribution in [3.05, 3.63) is 12.3 Å². The van der Waals surface area contributed by atoms with Crippen molar-refractivity contribution in [1.29, 1.82) is 0 Å². The molecule has 3 nitrogen and oxygen atoms in total. The maximum atomic E-state index is 4.70. The van der Waals surface area contributed by atoms with Gasteiger partial charge in [-0.05, 0) is 6.08 Å². The zero-order valence-corrected chi connectivity index (χ0v) is 9.23. The molecule has 76 valence electrons. The smallest absolute Gasteiger partial charge is 0.111 e. The van der Waals surface area contributed by atoms with Gasteiger partial charge < -0.3 is 4.90 Å². The Balaban J connectivity index is 2.30. The summed E-state index contributed by atoms with van der Waals surface area (Å²) in [6.07, 6.45) is 5.91. The molecule has 0 saturated carbocycles. The van der Waals surface area contributed by atoms with Crippen molar-refractivity contribution in [2.45, 2.75) is 32.9 Å². The number of fused-ring (bicyclic) bond motifs is 1. The van der Waals surface area contributed by atoms with Gasteiger partial charge in [0.25, 0.3) is 0 Å². The number of hydrogen-bond acceptors (Lipinski definition) is 3. The summed E-state index contributed by atoms with van der Waals surface area (Å²) in [7, 11) is 2.11. The minimum Gasteiger partial charge on any atom is -0.354 e. The highest BCUT2D eigenvalue weighted by atomic mass is 15.3. The maximum absolute atomic E-state index is 4.70. The molecule has 2 rings (SSSR count). The van der Waals surface area contributed by atoms with Gasteiger partial charge in [-0.15, -0.1) is 0 Å². The lowest BCUT2D eigenvalue weighted by molar-refractivity contribution is 0.404. The summed E-state index contributed by atoms with van der Waals surface area (Å²) in [5.74, 6) is 1.17. The standard InChI is InChI=1S/C11H17N3/c1-11(2,3)10-13-8-7-12-6-5-9(8)14(10)4/h5-9H,1-4H3. The zero-order chi connectivity index (χ0) is 10.3. The lowest BCUT2D eigenvalue weighted by Gasteiger charge is -2.29. The van der Waals surface area contributed by atoms with Crippen LogP contribution in [0.4, 0.5) is 0 Å². The molecule has 2 heterocycles. The number of rotatable bonds is 0. The predicted molar refractivity (Wildman–Crippen MR) is 59.9 cm³/mol. The van der Waals surface area contributed by atoms with Crippen LogP contribution in [0.25, 0.3) is 0 Å². The van der Waals surface area contributed by atoms with Crippen LogP contribution in [-0.4, -0.2) is 36.1 Å². The van der Waals surface area contributed by atoms with Crippen LogP contribution < -0.4 is 0 Å². The molecule has 0 radical (unpaired) electrons. The van der Waals surface area contributed by atoms with Gasteiger partial charge in [-0.25, -0.2) is 0 Å². The Morgan fingerprint density at radius 1 is 1.36 bits per heavy atom. The second kappa shape index (κ2) is 2.94. The quantitative estimate of drug-likeness (QED) is 0.573. The molecular weight excluding hydrogens is 174 g/mol. The van der Waals surface area contributed by atoms with Gasteiger partial charge in [-0.3, -0.25) is 9.98 Å². The Kier molecular flexibility index (Phi) is 1.98. The van der Waals surface area contributed by atoms with E-state index >= 15 is 0 Å². The summed E-state index contributed by atoms with van der Waals surface area (Å²) in [5.41, 5.74) is 0.119. The Bertz CT molecular complexity index is 320. The topological polar surface area (TPSA) is 28.0 Å². The van der Waals surface area contributed by atoms with Gasteiger partial charge in [0.05, 0.1) is 6.04 Å². The van der Waals surface area contributed by atoms with E-state index in [-0.39, 0.29) is 11.5 Å². The summed E-state index contributed by atoms with van der Waals surface area (Å²) < 4.78 is 0. The van der Waals surface area contributed by atoms with Crippen LogP contribution in [0.3, 0.4) is 0 Å². The highest BCUT2D eigenvalue weighted by molar-refractivity contribution is 5.92. The molecule has 0 N–H and O–H groups in total. The zero-order valence-electron chi connectivity index (χ0n) is 9.23. The average Bonchev–Trinajstić information content (AvgIpc) is 2.44. The van der Waals surface area contributed by atoms with Gasteiger partial charge in [-0.1, -0.05) is 20.8 Å². The Morgan fingerprint density at radius 3 is 2.64 bits per heavy atom. The van der Waals surface area contributed by atoms with E-state index < -0.39 is 0 Å². The van der Waals surface area contributed by atoms with Crippen LogP contribution in [0.5, 0.6) is 0 Å². The van der Waals surface area contributed by atoms with E-state index in [4.69, 9.17) is 4.99 Å². The molecule has 0 spiro atoms. The number of amidine groups is 1. The summed E-state index contributed by atoms with van der Waals surface area (Å²) in [5, 5.41) is 0. The predicted octanol–water partition coefficient (Wildman–Crippen LogP) is 1.71. The van der Waals surface area contributed by atoms with Crippen molar-refractivity contribution < 1.29 is 0 Å². The molecule has 2 aliphatic heterocycles. The molecule has 0 saturated heterocycles. The lowest BCUT2D eigenvalue weighted by Crippen LogP contribution is -2.40. The Labute approximate surface area is 85.2 Å². The number of hydrogen-bond donors (Lipinski definition) is 0. The number of aliphatic imine (C=N–C) groups is 2. The molecule has 2 atom stereocenters. The highest BCUT2D eigenvalue weighted by Gasteiger charge is 2.36. The number of nitrogens with zero attached hydrogens (tertiary/aromatic N) is 3. The summed E-state index contributed by atoms with van der Waals surface area (Å²) in [4.78, 5) is 11.1. The first-order valence-electron chi connectivity index (χ1n) is 5.01. The van der Waals surface area contributed by atoms with E-state index in [9.17, 15) is 0 Å². The first-order valence-corrected chi connectivity index (χ1v) is 5.01. The van der Waals surface area contributed by atoms with Crippen LogP contribution in [-0.2, 0) is 0 Å². The molecule has 0 aromatic rings. The van der Waals surface area contributed by atoms with E-state index in [0.29, 0.717) is 6.04 Å². The van der Waals surface area contributed by atoms with E-state index in [1.807, 2.05) is 12.4 Å². The van der Waals surface area contributed by atoms with Crippen LogP contribution in [0.1, 0.15) is 20.8 Å². The van der Waals surface area contributed by atoms with Gasteiger partial charge in [0.15, 0.2) is 0 Å². The van der Waals surface area contributed by atoms with Gasteiger partial charge in [0.2, 0.25) is 0 Å². The van der Waals surface area contributed by atoms with Crippen molar-refractivity contribution in [1.82, 2.24) is 4.90 Å². The maximum Gasteiger partial charge on any atom is 0.111 e. The first-order chi connectivity index (χ1) is 6.50. The fraction of sp³-hybridized carbons (Fsp3) is 0.636. The third-order valence-corrected chi connectivity index (χ3v) is 2.68. The fourth-order valence-electron chi connectivity index (χ4n) is 2.04. The second-order valence-electron chi connectivity index (χ2n) is 4.93. The molecule has 0 amide bonds. The van der Waals surface area contributed by atoms with E-state index in [2.05, 4.69) is 43.8 Å². The molecule has 0 fully saturated rings. The average molecular weight is 191 g/mol. The molecule has 0 aromatic carbocycles. The summed E-state index contributed by atoms with van der Waals surface area (Å²) in [6, 6.07) is 0.598. The van der Waals surface area contributed by atoms with Crippen LogP contribution in [0.2, 0.25) is 0 Å². The minimum atomic E-state index is 0.119. The second-order valence-corrected chi connectivity index (χ2v) is 4.93. The third kappa shape index (κ3) is 1.37. The molecule has 0 aliphatic carbocycles. The SMILES string of the molecule is CN1C(C(C)(C)C)=NC2C=NC=CC21. The van der Waals surface area contributed by atoms with Crippen LogP contribution >= 0.6 is 0 Å². The molecule has 0 bridgehead atoms. The van der Waals surface area contributed by atoms with Gasteiger partial charge in [0, 0.05) is 24.9 Å². The van der Waals surface area contributed by atoms with Gasteiger partial charge in [-0.2, -0.15) is 0 Å². The minimum absolute atomic E-state index is 0.119. The molecule has 2 unspecified atom stereocenters. The van der Waals surface area contributed by atoms with Crippen molar-refractivity contribution in [2.24, 2.45) is 15.4 Å². The molecule has 2 aliphatic rings. The van der Waals surface area contributed by atoms with Gasteiger partial charge >= 0.3 is 0 Å². The largest absolute Gasteiger partial charge is 0.354 e. The summed E-state index contributed by atoms with van der Waals surface area (Å²) >= 11 is 0. The Morgan fingerprint density at radius 2 is 2.07 bits per heavy atom. The summed E-state index contributed by atoms with van der Waals surface area (Å²) in [6.45, 7) is 6.58. The molecule has 14 heavy (non-hydrogen) atoms. The number of likely N-dealkylation sites (N-methyl/N-ethyl adjacent to an activating group) is 1. The van der Waals surface area contributed by atoms with Crippen molar-refractivity contribution in [3.63, 3.8) is 0 Å². The van der Waals surface area contributed by atoms with Crippen LogP contribution in [0.15, 0.2) is 22.3 Å². The molecule has 3 heteroatoms. The van der Waals surface area contributed by atoms with E-state index in [1.165, 1.54) is 5.84 Å². The fourth-order valence-corrected chi connectivity index (χ4v) is 2.04. The monoisotopic (exact) mass is 191 g/mol. The normalized spacial score (nSPS) is 30.6. The lowest BCUT2D eigenvalue weighted by atomic mass is 9.94. The van der Waals surface area contributed by atoms with Gasteiger partial charge in [0.1, 0.15) is 11.9 Å². The first kappa shape index (κ1) is 9.44. The third-order valence-electron chi connectivity index (χ3n) is 2.68. The van der Waals surface area contributed by atoms with E-state index in [0.717, 1.165) is 0 Å². The van der Waals surface area contributed by atoms with Crippen molar-refractivity contribution >= 4 is 12.1 Å². The molecule has 0 aromatic heterocycles. The van der Waals surface area contributed by atoms with Crippen molar-refractivity contribution in [3.8, 4) is 0 Å². The van der Waals surface area contributed by atoms with Crippen LogP contribution in [0, 0.1) is 5.41 Å². The Hall–Kier alpha value is -1.12. The molecular formula is C11H17N3.